The number of hydrogen-bond acceptors (Lipinski definition) is 1. The van der Waals surface area contributed by atoms with Crippen LogP contribution in [0.15, 0.2) is 16.9 Å². The number of H-pyrrole nitrogens is 1. The highest BCUT2D eigenvalue weighted by Gasteiger charge is 2.08. The van der Waals surface area contributed by atoms with Crippen LogP contribution in [0, 0.1) is 5.82 Å². The minimum atomic E-state index is -0.339. The molecule has 0 aliphatic carbocycles. The van der Waals surface area contributed by atoms with Gasteiger partial charge in [0.1, 0.15) is 9.76 Å². The third kappa shape index (κ3) is 1.11. The van der Waals surface area contributed by atoms with Crippen LogP contribution in [0.1, 0.15) is 0 Å². The molecule has 2 rings (SSSR count). The lowest BCUT2D eigenvalue weighted by molar-refractivity contribution is 0.632. The monoisotopic (exact) mass is 248 g/mol. The molecular formula is C7H3BrClFN2. The van der Waals surface area contributed by atoms with E-state index >= 15 is 0 Å². The van der Waals surface area contributed by atoms with E-state index in [0.29, 0.717) is 20.7 Å². The Balaban J connectivity index is 2.87. The molecule has 0 aromatic carbocycles. The predicted octanol–water partition coefficient (Wildman–Crippen LogP) is 3.12. The largest absolute Gasteiger partial charge is 0.347 e. The van der Waals surface area contributed by atoms with Crippen molar-refractivity contribution in [3.63, 3.8) is 0 Å². The van der Waals surface area contributed by atoms with Gasteiger partial charge in [-0.3, -0.25) is 0 Å². The maximum atomic E-state index is 13.1. The third-order valence-corrected chi connectivity index (χ3v) is 2.30. The molecular weight excluding hydrogens is 246 g/mol. The fourth-order valence-electron chi connectivity index (χ4n) is 1.000. The molecule has 12 heavy (non-hydrogen) atoms. The molecule has 62 valence electrons. The van der Waals surface area contributed by atoms with E-state index in [4.69, 9.17) is 11.6 Å². The average molecular weight is 249 g/mol. The lowest BCUT2D eigenvalue weighted by atomic mass is 10.3. The highest BCUT2D eigenvalue weighted by Crippen LogP contribution is 2.25. The molecule has 0 amide bonds. The normalized spacial score (nSPS) is 10.9. The first-order chi connectivity index (χ1) is 5.68. The molecule has 0 saturated heterocycles. The first-order valence-electron chi connectivity index (χ1n) is 3.16. The maximum absolute atomic E-state index is 13.1. The Bertz CT molecular complexity index is 440. The summed E-state index contributed by atoms with van der Waals surface area (Å²) in [4.78, 5) is 6.55. The topological polar surface area (TPSA) is 28.7 Å². The van der Waals surface area contributed by atoms with Crippen molar-refractivity contribution in [2.24, 2.45) is 0 Å². The van der Waals surface area contributed by atoms with Crippen LogP contribution < -0.4 is 0 Å². The van der Waals surface area contributed by atoms with E-state index in [1.165, 1.54) is 6.20 Å². The van der Waals surface area contributed by atoms with Gasteiger partial charge in [0.05, 0.1) is 10.9 Å². The van der Waals surface area contributed by atoms with Gasteiger partial charge in [0.15, 0.2) is 5.82 Å². The molecule has 0 fully saturated rings. The number of rotatable bonds is 0. The Hall–Kier alpha value is -0.610. The van der Waals surface area contributed by atoms with Gasteiger partial charge < -0.3 is 4.98 Å². The van der Waals surface area contributed by atoms with Gasteiger partial charge in [0.2, 0.25) is 0 Å². The summed E-state index contributed by atoms with van der Waals surface area (Å²) in [6.07, 6.45) is 1.40. The average Bonchev–Trinajstić information content (AvgIpc) is 2.28. The molecule has 0 saturated carbocycles. The van der Waals surface area contributed by atoms with E-state index in [1.807, 2.05) is 0 Å². The molecule has 0 spiro atoms. The van der Waals surface area contributed by atoms with Gasteiger partial charge in [-0.25, -0.2) is 9.37 Å². The van der Waals surface area contributed by atoms with Crippen LogP contribution in [-0.4, -0.2) is 9.97 Å². The van der Waals surface area contributed by atoms with Crippen LogP contribution in [-0.2, 0) is 0 Å². The van der Waals surface area contributed by atoms with E-state index in [-0.39, 0.29) is 5.82 Å². The number of nitrogens with zero attached hydrogens (tertiary/aromatic N) is 1. The summed E-state index contributed by atoms with van der Waals surface area (Å²) in [7, 11) is 0. The smallest absolute Gasteiger partial charge is 0.164 e. The van der Waals surface area contributed by atoms with Crippen molar-refractivity contribution in [1.82, 2.24) is 9.97 Å². The van der Waals surface area contributed by atoms with E-state index in [1.54, 1.807) is 6.07 Å². The molecule has 0 atom stereocenters. The Labute approximate surface area is 80.9 Å². The number of nitrogens with one attached hydrogen (secondary N) is 1. The SMILES string of the molecule is Fc1c(Br)[nH]c2cc(Cl)ncc12. The zero-order valence-electron chi connectivity index (χ0n) is 5.74. The van der Waals surface area contributed by atoms with Gasteiger partial charge in [-0.1, -0.05) is 11.6 Å². The van der Waals surface area contributed by atoms with Crippen molar-refractivity contribution < 1.29 is 4.39 Å². The van der Waals surface area contributed by atoms with Gasteiger partial charge >= 0.3 is 0 Å². The van der Waals surface area contributed by atoms with Crippen LogP contribution >= 0.6 is 27.5 Å². The standard InChI is InChI=1S/C7H3BrClFN2/c8-7-6(10)3-2-11-5(9)1-4(3)12-7/h1-2,12H. The summed E-state index contributed by atoms with van der Waals surface area (Å²) in [5.74, 6) is -0.339. The van der Waals surface area contributed by atoms with Crippen molar-refractivity contribution >= 4 is 38.4 Å². The summed E-state index contributed by atoms with van der Waals surface area (Å²) >= 11 is 8.64. The maximum Gasteiger partial charge on any atom is 0.164 e. The molecule has 0 bridgehead atoms. The number of halogens is 3. The number of aromatic nitrogens is 2. The lowest BCUT2D eigenvalue weighted by Crippen LogP contribution is -1.74. The van der Waals surface area contributed by atoms with Gasteiger partial charge in [-0.05, 0) is 22.0 Å². The number of hydrogen-bond donors (Lipinski definition) is 1. The summed E-state index contributed by atoms with van der Waals surface area (Å²) in [6.45, 7) is 0. The second kappa shape index (κ2) is 2.71. The van der Waals surface area contributed by atoms with Gasteiger partial charge in [-0.2, -0.15) is 0 Å². The lowest BCUT2D eigenvalue weighted by Gasteiger charge is -1.88. The summed E-state index contributed by atoms with van der Waals surface area (Å²) < 4.78 is 13.4. The zero-order chi connectivity index (χ0) is 8.72. The van der Waals surface area contributed by atoms with Crippen molar-refractivity contribution in [2.75, 3.05) is 0 Å². The number of fused-ring (bicyclic) bond motifs is 1. The van der Waals surface area contributed by atoms with E-state index in [9.17, 15) is 4.39 Å². The highest BCUT2D eigenvalue weighted by molar-refractivity contribution is 9.10. The number of aromatic amines is 1. The Morgan fingerprint density at radius 2 is 2.33 bits per heavy atom. The minimum Gasteiger partial charge on any atom is -0.347 e. The summed E-state index contributed by atoms with van der Waals surface area (Å²) in [5, 5.41) is 0.780. The molecule has 2 heterocycles. The van der Waals surface area contributed by atoms with Crippen LogP contribution in [0.25, 0.3) is 10.9 Å². The fourth-order valence-corrected chi connectivity index (χ4v) is 1.58. The second-order valence-electron chi connectivity index (χ2n) is 2.31. The van der Waals surface area contributed by atoms with Crippen LogP contribution in [0.5, 0.6) is 0 Å². The first kappa shape index (κ1) is 8.01. The van der Waals surface area contributed by atoms with Crippen molar-refractivity contribution in [2.45, 2.75) is 0 Å². The van der Waals surface area contributed by atoms with Gasteiger partial charge in [0, 0.05) is 6.20 Å². The number of pyridine rings is 1. The second-order valence-corrected chi connectivity index (χ2v) is 3.49. The minimum absolute atomic E-state index is 0.321. The van der Waals surface area contributed by atoms with Crippen LogP contribution in [0.2, 0.25) is 5.15 Å². The predicted molar refractivity (Wildman–Crippen MR) is 48.8 cm³/mol. The van der Waals surface area contributed by atoms with Crippen molar-refractivity contribution in [3.8, 4) is 0 Å². The van der Waals surface area contributed by atoms with E-state index < -0.39 is 0 Å². The Kier molecular flexibility index (Phi) is 1.81. The van der Waals surface area contributed by atoms with Crippen molar-refractivity contribution in [1.29, 1.82) is 0 Å². The van der Waals surface area contributed by atoms with E-state index in [2.05, 4.69) is 25.9 Å². The van der Waals surface area contributed by atoms with E-state index in [0.717, 1.165) is 0 Å². The van der Waals surface area contributed by atoms with Gasteiger partial charge in [-0.15, -0.1) is 0 Å². The van der Waals surface area contributed by atoms with Crippen LogP contribution in [0.4, 0.5) is 4.39 Å². The quantitative estimate of drug-likeness (QED) is 0.714. The van der Waals surface area contributed by atoms with Crippen molar-refractivity contribution in [3.05, 3.63) is 27.8 Å². The zero-order valence-corrected chi connectivity index (χ0v) is 8.08. The molecule has 2 nitrogen and oxygen atoms in total. The summed E-state index contributed by atoms with van der Waals surface area (Å²) in [6, 6.07) is 1.57. The molecule has 0 aliphatic rings. The Morgan fingerprint density at radius 1 is 1.58 bits per heavy atom. The molecule has 2 aromatic heterocycles. The molecule has 0 aliphatic heterocycles. The van der Waals surface area contributed by atoms with Gasteiger partial charge in [0.25, 0.3) is 0 Å². The molecule has 1 N–H and O–H groups in total. The fraction of sp³-hybridized carbons (Fsp3) is 0. The highest BCUT2D eigenvalue weighted by atomic mass is 79.9. The molecule has 0 unspecified atom stereocenters. The molecule has 0 radical (unpaired) electrons. The Morgan fingerprint density at radius 3 is 3.08 bits per heavy atom. The first-order valence-corrected chi connectivity index (χ1v) is 4.34. The molecule has 2 aromatic rings. The van der Waals surface area contributed by atoms with Crippen LogP contribution in [0.3, 0.4) is 0 Å². The summed E-state index contributed by atoms with van der Waals surface area (Å²) in [5.41, 5.74) is 0.638. The molecule has 5 heteroatoms. The third-order valence-electron chi connectivity index (χ3n) is 1.54.